The van der Waals surface area contributed by atoms with Crippen LogP contribution in [0, 0.1) is 5.92 Å². The van der Waals surface area contributed by atoms with E-state index in [1.807, 2.05) is 11.8 Å². The summed E-state index contributed by atoms with van der Waals surface area (Å²) in [5.41, 5.74) is 3.64. The summed E-state index contributed by atoms with van der Waals surface area (Å²) in [6.45, 7) is 13.5. The molecule has 0 aliphatic heterocycles. The van der Waals surface area contributed by atoms with Gasteiger partial charge in [0.2, 0.25) is 0 Å². The molecule has 3 nitrogen and oxygen atoms in total. The molecule has 0 saturated heterocycles. The van der Waals surface area contributed by atoms with Crippen molar-refractivity contribution in [3.8, 4) is 0 Å². The van der Waals surface area contributed by atoms with Crippen LogP contribution in [-0.2, 0) is 14.0 Å². The smallest absolute Gasteiger partial charge is 0.306 e. The molecule has 5 heteroatoms. The molecule has 0 bridgehead atoms. The number of aliphatic carboxylic acids is 1. The number of benzene rings is 3. The van der Waals surface area contributed by atoms with E-state index < -0.39 is 25.0 Å². The molecule has 0 fully saturated rings. The first-order valence-corrected chi connectivity index (χ1v) is 19.6. The SMILES string of the molecule is CCCCCCC[C@@H](CC(CSC(c1ccccc1)(c1ccccc1)c1ccccc1)O[Si](C)(C)C(C)(C)C)C(=O)O. The summed E-state index contributed by atoms with van der Waals surface area (Å²) < 4.78 is 6.63. The normalized spacial score (nSPS) is 14.0. The second-order valence-corrected chi connectivity index (χ2v) is 19.1. The van der Waals surface area contributed by atoms with Gasteiger partial charge in [0.1, 0.15) is 0 Å². The summed E-state index contributed by atoms with van der Waals surface area (Å²) in [5.74, 6) is -0.397. The summed E-state index contributed by atoms with van der Waals surface area (Å²) in [5, 5.41) is 10.3. The van der Waals surface area contributed by atoms with Crippen LogP contribution < -0.4 is 0 Å². The molecule has 2 atom stereocenters. The minimum absolute atomic E-state index is 0.0319. The number of hydrogen-bond donors (Lipinski definition) is 1. The molecular formula is C37H52O3SSi. The molecule has 0 radical (unpaired) electrons. The maximum atomic E-state index is 12.5. The number of hydrogen-bond acceptors (Lipinski definition) is 3. The van der Waals surface area contributed by atoms with Crippen LogP contribution >= 0.6 is 11.8 Å². The molecule has 0 heterocycles. The van der Waals surface area contributed by atoms with Crippen LogP contribution in [0.1, 0.15) is 89.3 Å². The van der Waals surface area contributed by atoms with E-state index >= 15 is 0 Å². The van der Waals surface area contributed by atoms with Crippen LogP contribution in [0.5, 0.6) is 0 Å². The zero-order valence-corrected chi connectivity index (χ0v) is 28.5. The molecule has 42 heavy (non-hydrogen) atoms. The lowest BCUT2D eigenvalue weighted by atomic mass is 9.84. The highest BCUT2D eigenvalue weighted by molar-refractivity contribution is 8.00. The Morgan fingerprint density at radius 3 is 1.64 bits per heavy atom. The highest BCUT2D eigenvalue weighted by Crippen LogP contribution is 2.49. The van der Waals surface area contributed by atoms with E-state index in [0.29, 0.717) is 18.6 Å². The highest BCUT2D eigenvalue weighted by atomic mass is 32.2. The third kappa shape index (κ3) is 9.08. The zero-order valence-electron chi connectivity index (χ0n) is 26.6. The van der Waals surface area contributed by atoms with Gasteiger partial charge in [-0.1, -0.05) is 151 Å². The van der Waals surface area contributed by atoms with Gasteiger partial charge in [0.15, 0.2) is 8.32 Å². The van der Waals surface area contributed by atoms with Gasteiger partial charge in [-0.25, -0.2) is 0 Å². The van der Waals surface area contributed by atoms with E-state index in [-0.39, 0.29) is 11.1 Å². The van der Waals surface area contributed by atoms with Gasteiger partial charge < -0.3 is 9.53 Å². The second kappa shape index (κ2) is 15.9. The lowest BCUT2D eigenvalue weighted by molar-refractivity contribution is -0.143. The summed E-state index contributed by atoms with van der Waals surface area (Å²) in [7, 11) is -2.16. The highest BCUT2D eigenvalue weighted by Gasteiger charge is 2.42. The van der Waals surface area contributed by atoms with Crippen molar-refractivity contribution in [3.63, 3.8) is 0 Å². The average Bonchev–Trinajstić information content (AvgIpc) is 2.97. The Morgan fingerprint density at radius 1 is 0.786 bits per heavy atom. The van der Waals surface area contributed by atoms with Crippen molar-refractivity contribution in [2.75, 3.05) is 5.75 Å². The molecule has 1 N–H and O–H groups in total. The van der Waals surface area contributed by atoms with Gasteiger partial charge in [0.25, 0.3) is 0 Å². The van der Waals surface area contributed by atoms with Crippen molar-refractivity contribution in [3.05, 3.63) is 108 Å². The second-order valence-electron chi connectivity index (χ2n) is 13.1. The van der Waals surface area contributed by atoms with E-state index in [4.69, 9.17) is 4.43 Å². The summed E-state index contributed by atoms with van der Waals surface area (Å²) >= 11 is 1.88. The predicted molar refractivity (Wildman–Crippen MR) is 183 cm³/mol. The maximum absolute atomic E-state index is 12.5. The van der Waals surface area contributed by atoms with Crippen molar-refractivity contribution in [1.82, 2.24) is 0 Å². The number of carboxylic acid groups (broad SMARTS) is 1. The fourth-order valence-electron chi connectivity index (χ4n) is 5.38. The first kappa shape index (κ1) is 34.2. The van der Waals surface area contributed by atoms with Gasteiger partial charge in [-0.15, -0.1) is 11.8 Å². The summed E-state index contributed by atoms with van der Waals surface area (Å²) in [6.07, 6.45) is 6.72. The van der Waals surface area contributed by atoms with E-state index in [1.165, 1.54) is 36.0 Å². The van der Waals surface area contributed by atoms with Gasteiger partial charge in [0.05, 0.1) is 16.8 Å². The molecular weight excluding hydrogens is 553 g/mol. The topological polar surface area (TPSA) is 46.5 Å². The van der Waals surface area contributed by atoms with Crippen molar-refractivity contribution < 1.29 is 14.3 Å². The maximum Gasteiger partial charge on any atom is 0.306 e. The molecule has 228 valence electrons. The van der Waals surface area contributed by atoms with Crippen LogP contribution in [0.15, 0.2) is 91.0 Å². The zero-order chi connectivity index (χ0) is 30.6. The molecule has 3 rings (SSSR count). The molecule has 0 aromatic heterocycles. The Balaban J connectivity index is 2.01. The minimum atomic E-state index is -2.16. The molecule has 1 unspecified atom stereocenters. The summed E-state index contributed by atoms with van der Waals surface area (Å²) in [4.78, 5) is 12.5. The fourth-order valence-corrected chi connectivity index (χ4v) is 8.42. The molecule has 0 saturated carbocycles. The Labute approximate surface area is 260 Å². The van der Waals surface area contributed by atoms with Crippen molar-refractivity contribution in [2.45, 2.75) is 102 Å². The van der Waals surface area contributed by atoms with Crippen LogP contribution in [0.3, 0.4) is 0 Å². The number of carbonyl (C=O) groups is 1. The molecule has 3 aromatic rings. The van der Waals surface area contributed by atoms with Crippen molar-refractivity contribution in [1.29, 1.82) is 0 Å². The predicted octanol–water partition coefficient (Wildman–Crippen LogP) is 10.6. The Kier molecular flexibility index (Phi) is 13.0. The number of unbranched alkanes of at least 4 members (excludes halogenated alkanes) is 4. The third-order valence-corrected chi connectivity index (χ3v) is 15.1. The third-order valence-electron chi connectivity index (χ3n) is 8.85. The van der Waals surface area contributed by atoms with Gasteiger partial charge >= 0.3 is 5.97 Å². The monoisotopic (exact) mass is 604 g/mol. The van der Waals surface area contributed by atoms with E-state index in [0.717, 1.165) is 12.8 Å². The van der Waals surface area contributed by atoms with E-state index in [1.54, 1.807) is 0 Å². The van der Waals surface area contributed by atoms with Crippen LogP contribution in [0.25, 0.3) is 0 Å². The lowest BCUT2D eigenvalue weighted by Gasteiger charge is -2.41. The Morgan fingerprint density at radius 2 is 1.24 bits per heavy atom. The lowest BCUT2D eigenvalue weighted by Crippen LogP contribution is -2.45. The quantitative estimate of drug-likeness (QED) is 0.0946. The Bertz CT molecular complexity index is 1100. The van der Waals surface area contributed by atoms with Gasteiger partial charge in [-0.2, -0.15) is 0 Å². The van der Waals surface area contributed by atoms with Crippen molar-refractivity contribution in [2.24, 2.45) is 5.92 Å². The number of thioether (sulfide) groups is 1. The number of carboxylic acids is 1. The molecule has 0 aliphatic carbocycles. The van der Waals surface area contributed by atoms with E-state index in [9.17, 15) is 9.90 Å². The largest absolute Gasteiger partial charge is 0.481 e. The summed E-state index contributed by atoms with van der Waals surface area (Å²) in [6, 6.07) is 32.2. The van der Waals surface area contributed by atoms with Crippen molar-refractivity contribution >= 4 is 26.0 Å². The van der Waals surface area contributed by atoms with Gasteiger partial charge in [-0.05, 0) is 47.7 Å². The van der Waals surface area contributed by atoms with Crippen LogP contribution in [0.4, 0.5) is 0 Å². The van der Waals surface area contributed by atoms with Gasteiger partial charge in [-0.3, -0.25) is 4.79 Å². The first-order valence-electron chi connectivity index (χ1n) is 15.7. The number of rotatable bonds is 17. The minimum Gasteiger partial charge on any atom is -0.481 e. The molecule has 3 aromatic carbocycles. The van der Waals surface area contributed by atoms with Crippen LogP contribution in [0.2, 0.25) is 18.1 Å². The van der Waals surface area contributed by atoms with E-state index in [2.05, 4.69) is 132 Å². The molecule has 0 amide bonds. The Hall–Kier alpha value is -2.34. The molecule has 0 spiro atoms. The fraction of sp³-hybridized carbons (Fsp3) is 0.486. The van der Waals surface area contributed by atoms with Crippen LogP contribution in [-0.4, -0.2) is 31.3 Å². The standard InChI is InChI=1S/C37H52O3SSi/c1-7-8-9-10-14-21-30(35(38)39)28-34(40-42(5,6)36(2,3)4)29-41-37(31-22-15-11-16-23-31,32-24-17-12-18-25-32)33-26-19-13-20-27-33/h11-13,15-20,22-27,30,34H,7-10,14,21,28-29H2,1-6H3,(H,38,39)/t30-,34?/m0/s1. The van der Waals surface area contributed by atoms with Gasteiger partial charge in [0, 0.05) is 5.75 Å². The first-order chi connectivity index (χ1) is 20.0. The molecule has 0 aliphatic rings. The average molecular weight is 605 g/mol.